The van der Waals surface area contributed by atoms with E-state index in [1.165, 1.54) is 0 Å². The Morgan fingerprint density at radius 1 is 1.00 bits per heavy atom. The van der Waals surface area contributed by atoms with Gasteiger partial charge >= 0.3 is 11.7 Å². The van der Waals surface area contributed by atoms with E-state index in [4.69, 9.17) is 0 Å². The second-order valence-corrected chi connectivity index (χ2v) is 2.98. The van der Waals surface area contributed by atoms with Crippen LogP contribution in [0.2, 0.25) is 0 Å². The molecule has 1 nitrogen and oxygen atoms in total. The molecule has 0 N–H and O–H groups in total. The number of hydrogen-bond donors (Lipinski definition) is 0. The van der Waals surface area contributed by atoms with Crippen molar-refractivity contribution in [1.29, 1.82) is 0 Å². The van der Waals surface area contributed by atoms with E-state index in [-0.39, 0.29) is 0 Å². The lowest BCUT2D eigenvalue weighted by Crippen LogP contribution is -2.18. The average Bonchev–Trinajstić information content (AvgIpc) is 1.99. The molecule has 0 aliphatic rings. The number of para-hydroxylation sites is 1. The molecular weight excluding hydrogens is 243 g/mol. The predicted molar refractivity (Wildman–Crippen MR) is 42.9 cm³/mol. The number of hydrogen-bond acceptors (Lipinski definition) is 1. The van der Waals surface area contributed by atoms with Crippen molar-refractivity contribution >= 4 is 11.6 Å². The Balaban J connectivity index is 3.08. The summed E-state index contributed by atoms with van der Waals surface area (Å²) in [5.74, 6) is -1.01. The highest BCUT2D eigenvalue weighted by molar-refractivity contribution is 6.20. The molecule has 0 fully saturated rings. The summed E-state index contributed by atoms with van der Waals surface area (Å²) in [6.07, 6.45) is -4.77. The van der Waals surface area contributed by atoms with Crippen molar-refractivity contribution in [3.63, 3.8) is 0 Å². The van der Waals surface area contributed by atoms with Crippen molar-refractivity contribution in [3.05, 3.63) is 29.8 Å². The zero-order valence-corrected chi connectivity index (χ0v) is 7.74. The molecule has 0 amide bonds. The van der Waals surface area contributed by atoms with E-state index in [1.54, 1.807) is 0 Å². The van der Waals surface area contributed by atoms with Gasteiger partial charge in [0.25, 0.3) is 0 Å². The molecule has 1 aromatic rings. The topological polar surface area (TPSA) is 9.23 Å². The first-order valence-corrected chi connectivity index (χ1v) is 4.00. The van der Waals surface area contributed by atoms with Crippen molar-refractivity contribution in [3.8, 4) is 5.75 Å². The molecule has 0 saturated heterocycles. The summed E-state index contributed by atoms with van der Waals surface area (Å²) in [5, 5.41) is 0. The molecule has 15 heavy (non-hydrogen) atoms. The van der Waals surface area contributed by atoms with E-state index in [2.05, 4.69) is 16.3 Å². The van der Waals surface area contributed by atoms with Gasteiger partial charge in [0.15, 0.2) is 0 Å². The summed E-state index contributed by atoms with van der Waals surface area (Å²) >= 11 is 4.37. The normalized spacial score (nSPS) is 12.7. The van der Waals surface area contributed by atoms with Crippen LogP contribution in [-0.2, 0) is 6.18 Å². The molecule has 0 atom stereocenters. The fourth-order valence-electron chi connectivity index (χ4n) is 0.915. The Kier molecular flexibility index (Phi) is 3.08. The average molecular weight is 247 g/mol. The van der Waals surface area contributed by atoms with Crippen molar-refractivity contribution < 1.29 is 26.7 Å². The summed E-state index contributed by atoms with van der Waals surface area (Å²) in [5.41, 5.74) is -5.47. The molecule has 84 valence electrons. The number of halogens is 6. The van der Waals surface area contributed by atoms with Gasteiger partial charge in [-0.2, -0.15) is 13.2 Å². The lowest BCUT2D eigenvalue weighted by molar-refractivity contribution is -0.145. The van der Waals surface area contributed by atoms with E-state index in [9.17, 15) is 22.0 Å². The number of alkyl halides is 6. The molecule has 0 bridgehead atoms. The van der Waals surface area contributed by atoms with Crippen LogP contribution in [0.3, 0.4) is 0 Å². The van der Waals surface area contributed by atoms with Crippen LogP contribution in [-0.4, -0.2) is 5.57 Å². The summed E-state index contributed by atoms with van der Waals surface area (Å²) in [6, 6.07) is 3.58. The molecule has 0 spiro atoms. The van der Waals surface area contributed by atoms with Crippen LogP contribution in [0, 0.1) is 0 Å². The maximum absolute atomic E-state index is 12.3. The van der Waals surface area contributed by atoms with Gasteiger partial charge in [0.2, 0.25) is 0 Å². The first kappa shape index (κ1) is 12.0. The molecule has 0 saturated carbocycles. The largest absolute Gasteiger partial charge is 0.487 e. The maximum Gasteiger partial charge on any atom is 0.487 e. The Morgan fingerprint density at radius 2 is 1.53 bits per heavy atom. The minimum Gasteiger partial charge on any atom is -0.419 e. The minimum atomic E-state index is -4.77. The van der Waals surface area contributed by atoms with E-state index in [0.717, 1.165) is 18.2 Å². The van der Waals surface area contributed by atoms with Gasteiger partial charge in [-0.3, -0.25) is 0 Å². The summed E-state index contributed by atoms with van der Waals surface area (Å²) in [7, 11) is 0. The van der Waals surface area contributed by atoms with Gasteiger partial charge in [-0.1, -0.05) is 12.1 Å². The van der Waals surface area contributed by atoms with Gasteiger partial charge in [-0.15, -0.1) is 8.78 Å². The Labute approximate surface area is 86.4 Å². The molecule has 0 heterocycles. The second kappa shape index (κ2) is 3.84. The van der Waals surface area contributed by atoms with E-state index < -0.39 is 23.1 Å². The Bertz CT molecular complexity index is 344. The lowest BCUT2D eigenvalue weighted by atomic mass is 10.2. The van der Waals surface area contributed by atoms with Crippen molar-refractivity contribution in [2.24, 2.45) is 0 Å². The van der Waals surface area contributed by atoms with Crippen molar-refractivity contribution in [2.45, 2.75) is 11.7 Å². The molecule has 0 aliphatic carbocycles. The predicted octanol–water partition coefficient (Wildman–Crippen LogP) is 3.87. The third kappa shape index (κ3) is 3.54. The molecule has 1 aromatic carbocycles. The highest BCUT2D eigenvalue weighted by Crippen LogP contribution is 2.38. The van der Waals surface area contributed by atoms with E-state index >= 15 is 0 Å². The smallest absolute Gasteiger partial charge is 0.419 e. The van der Waals surface area contributed by atoms with E-state index in [1.807, 2.05) is 0 Å². The number of benzene rings is 1. The van der Waals surface area contributed by atoms with Gasteiger partial charge in [0, 0.05) is 11.6 Å². The van der Waals surface area contributed by atoms with Gasteiger partial charge < -0.3 is 4.74 Å². The first-order chi connectivity index (χ1) is 6.70. The van der Waals surface area contributed by atoms with Crippen LogP contribution < -0.4 is 4.74 Å². The van der Waals surface area contributed by atoms with E-state index in [0.29, 0.717) is 6.07 Å². The molecule has 0 aliphatic heterocycles. The Morgan fingerprint density at radius 3 is 2.00 bits per heavy atom. The second-order valence-electron chi connectivity index (χ2n) is 2.54. The van der Waals surface area contributed by atoms with Gasteiger partial charge in [0.05, 0.1) is 5.56 Å². The lowest BCUT2D eigenvalue weighted by Gasteiger charge is -2.15. The third-order valence-electron chi connectivity index (χ3n) is 1.42. The first-order valence-electron chi connectivity index (χ1n) is 3.62. The fourth-order valence-corrected chi connectivity index (χ4v) is 0.998. The summed E-state index contributed by atoms with van der Waals surface area (Å²) in [4.78, 5) is 0. The fraction of sp³-hybridized carbons (Fsp3) is 0.250. The zero-order chi connectivity index (χ0) is 11.7. The number of ether oxygens (including phenoxy) is 1. The minimum absolute atomic E-state index is 0.623. The van der Waals surface area contributed by atoms with Gasteiger partial charge in [-0.25, -0.2) is 0 Å². The zero-order valence-electron chi connectivity index (χ0n) is 6.99. The van der Waals surface area contributed by atoms with Crippen molar-refractivity contribution in [2.75, 3.05) is 0 Å². The van der Waals surface area contributed by atoms with Crippen LogP contribution in [0.15, 0.2) is 24.3 Å². The maximum atomic E-state index is 12.3. The van der Waals surface area contributed by atoms with Crippen molar-refractivity contribution in [1.82, 2.24) is 0 Å². The summed E-state index contributed by atoms with van der Waals surface area (Å²) < 4.78 is 64.7. The Hall–Kier alpha value is -1.04. The van der Waals surface area contributed by atoms with Crippen LogP contribution in [0.4, 0.5) is 22.0 Å². The van der Waals surface area contributed by atoms with Gasteiger partial charge in [0.1, 0.15) is 5.75 Å². The molecular formula is C8H4ClF5O. The third-order valence-corrected chi connectivity index (χ3v) is 1.50. The van der Waals surface area contributed by atoms with Gasteiger partial charge in [-0.05, 0) is 12.1 Å². The molecule has 0 aromatic heterocycles. The highest BCUT2D eigenvalue weighted by Gasteiger charge is 2.37. The SMILES string of the molecule is FC(F)(Cl)Oc1ccccc1C(F)(F)F. The molecule has 1 rings (SSSR count). The summed E-state index contributed by atoms with van der Waals surface area (Å²) in [6.45, 7) is 0. The molecule has 0 radical (unpaired) electrons. The molecule has 7 heteroatoms. The monoisotopic (exact) mass is 246 g/mol. The standard InChI is InChI=1S/C8H4ClF5O/c9-8(13,14)15-6-4-2-1-3-5(6)7(10,11)12/h1-4H. The quantitative estimate of drug-likeness (QED) is 0.568. The van der Waals surface area contributed by atoms with Crippen LogP contribution in [0.5, 0.6) is 5.75 Å². The van der Waals surface area contributed by atoms with Crippen LogP contribution in [0.1, 0.15) is 5.56 Å². The molecule has 0 unspecified atom stereocenters. The number of rotatable bonds is 2. The van der Waals surface area contributed by atoms with Crippen LogP contribution >= 0.6 is 11.6 Å². The highest BCUT2D eigenvalue weighted by atomic mass is 35.5. The van der Waals surface area contributed by atoms with Crippen LogP contribution in [0.25, 0.3) is 0 Å².